The van der Waals surface area contributed by atoms with Gasteiger partial charge in [0.25, 0.3) is 0 Å². The molecule has 1 heterocycles. The van der Waals surface area contributed by atoms with Gasteiger partial charge in [-0.15, -0.1) is 0 Å². The molecule has 13 nitrogen and oxygen atoms in total. The summed E-state index contributed by atoms with van der Waals surface area (Å²) in [5, 5.41) is 48.1. The van der Waals surface area contributed by atoms with E-state index in [9.17, 15) is 38.4 Å². The summed E-state index contributed by atoms with van der Waals surface area (Å²) < 4.78 is 40.7. The number of ether oxygens (including phenoxy) is 2. The summed E-state index contributed by atoms with van der Waals surface area (Å²) in [5.74, 6) is -2.78. The van der Waals surface area contributed by atoms with Crippen LogP contribution in [0.15, 0.2) is 89.9 Å². The van der Waals surface area contributed by atoms with Crippen molar-refractivity contribution in [2.75, 3.05) is 32.1 Å². The van der Waals surface area contributed by atoms with Crippen LogP contribution in [-0.2, 0) is 24.3 Å². The number of hydrogen-bond donors (Lipinski definition) is 6. The van der Waals surface area contributed by atoms with Crippen molar-refractivity contribution in [1.82, 2.24) is 10.0 Å². The van der Waals surface area contributed by atoms with Gasteiger partial charge in [-0.1, -0.05) is 127 Å². The lowest BCUT2D eigenvalue weighted by Crippen LogP contribution is -2.47. The lowest BCUT2D eigenvalue weighted by atomic mass is 9.81. The zero-order valence-electron chi connectivity index (χ0n) is 40.4. The molecule has 0 spiro atoms. The summed E-state index contributed by atoms with van der Waals surface area (Å²) in [5.41, 5.74) is 1.93. The van der Waals surface area contributed by atoms with Gasteiger partial charge in [0.1, 0.15) is 12.2 Å². The van der Waals surface area contributed by atoms with E-state index in [1.165, 1.54) is 0 Å². The van der Waals surface area contributed by atoms with Gasteiger partial charge in [-0.25, -0.2) is 17.9 Å². The molecular weight excluding hydrogens is 847 g/mol. The van der Waals surface area contributed by atoms with Crippen molar-refractivity contribution >= 4 is 38.5 Å². The molecule has 6 N–H and O–H groups in total. The highest BCUT2D eigenvalue weighted by Crippen LogP contribution is 2.32. The highest BCUT2D eigenvalue weighted by Gasteiger charge is 2.41. The SMILES string of the molecule is C=C/C=C\[C@H](C)[C@H](OC(=O)NCCCCCCNS(=O)(=O)c1cccc2c(N(C)C)cccc12)[C@@H](C)[C@H](O)[C@@H](C)C/C(C)=C\[C@H](C)[C@@H](O)[C@@H](C)/C=C\[C@@H](O)C[C@@H]1OC(=O)[C@H](C)[C@@H](O)[C@H]1C. The van der Waals surface area contributed by atoms with Crippen LogP contribution < -0.4 is 14.9 Å². The van der Waals surface area contributed by atoms with E-state index in [1.54, 1.807) is 50.3 Å². The fourth-order valence-corrected chi connectivity index (χ4v) is 10.1. The number of fused-ring (bicyclic) bond motifs is 1. The fraction of sp³-hybridized carbons (Fsp3) is 0.608. The van der Waals surface area contributed by atoms with Gasteiger partial charge >= 0.3 is 12.1 Å². The number of cyclic esters (lactones) is 1. The summed E-state index contributed by atoms with van der Waals surface area (Å²) in [6.07, 6.45) is 9.11. The van der Waals surface area contributed by atoms with Crippen LogP contribution in [0.5, 0.6) is 0 Å². The van der Waals surface area contributed by atoms with Crippen LogP contribution in [-0.4, -0.2) is 105 Å². The van der Waals surface area contributed by atoms with Crippen molar-refractivity contribution in [2.24, 2.45) is 41.4 Å². The predicted octanol–water partition coefficient (Wildman–Crippen LogP) is 7.69. The molecule has 0 saturated carbocycles. The van der Waals surface area contributed by atoms with Crippen molar-refractivity contribution in [3.63, 3.8) is 0 Å². The number of aliphatic hydroxyl groups excluding tert-OH is 4. The molecule has 0 aromatic heterocycles. The van der Waals surface area contributed by atoms with Crippen molar-refractivity contribution in [1.29, 1.82) is 0 Å². The minimum atomic E-state index is -3.72. The average Bonchev–Trinajstić information content (AvgIpc) is 3.26. The molecule has 0 bridgehead atoms. The highest BCUT2D eigenvalue weighted by molar-refractivity contribution is 7.89. The van der Waals surface area contributed by atoms with Crippen LogP contribution in [0.3, 0.4) is 0 Å². The van der Waals surface area contributed by atoms with Crippen molar-refractivity contribution in [3.05, 3.63) is 85.0 Å². The molecule has 0 unspecified atom stereocenters. The number of anilines is 1. The number of carbonyl (C=O) groups excluding carboxylic acids is 2. The number of esters is 1. The Kier molecular flexibility index (Phi) is 22.4. The second-order valence-electron chi connectivity index (χ2n) is 18.7. The van der Waals surface area contributed by atoms with E-state index in [1.807, 2.05) is 97.0 Å². The van der Waals surface area contributed by atoms with Gasteiger partial charge in [-0.2, -0.15) is 0 Å². The minimum Gasteiger partial charge on any atom is -0.462 e. The normalized spacial score (nSPS) is 22.7. The zero-order chi connectivity index (χ0) is 48.6. The van der Waals surface area contributed by atoms with Gasteiger partial charge in [-0.3, -0.25) is 4.79 Å². The molecule has 364 valence electrons. The molecular formula is C51H79N3O10S. The number of benzene rings is 2. The number of carbonyl (C=O) groups is 2. The summed E-state index contributed by atoms with van der Waals surface area (Å²) in [6, 6.07) is 11.0. The molecule has 1 saturated heterocycles. The highest BCUT2D eigenvalue weighted by atomic mass is 32.2. The Morgan fingerprint density at radius 2 is 1.54 bits per heavy atom. The molecule has 14 heteroatoms. The van der Waals surface area contributed by atoms with Gasteiger partial charge in [0.15, 0.2) is 0 Å². The van der Waals surface area contributed by atoms with E-state index in [0.717, 1.165) is 29.5 Å². The minimum absolute atomic E-state index is 0.146. The topological polar surface area (TPSA) is 195 Å². The van der Waals surface area contributed by atoms with Crippen molar-refractivity contribution in [3.8, 4) is 0 Å². The van der Waals surface area contributed by atoms with Gasteiger partial charge in [0, 0.05) is 79.7 Å². The summed E-state index contributed by atoms with van der Waals surface area (Å²) in [4.78, 5) is 27.4. The van der Waals surface area contributed by atoms with Crippen LogP contribution in [0.2, 0.25) is 0 Å². The van der Waals surface area contributed by atoms with E-state index in [2.05, 4.69) is 16.6 Å². The Labute approximate surface area is 389 Å². The van der Waals surface area contributed by atoms with Gasteiger partial charge in [0.05, 0.1) is 35.2 Å². The summed E-state index contributed by atoms with van der Waals surface area (Å²) in [7, 11) is 0.140. The predicted molar refractivity (Wildman–Crippen MR) is 260 cm³/mol. The second-order valence-corrected chi connectivity index (χ2v) is 20.4. The Morgan fingerprint density at radius 3 is 2.20 bits per heavy atom. The Morgan fingerprint density at radius 1 is 0.892 bits per heavy atom. The molecule has 0 radical (unpaired) electrons. The number of hydrogen-bond acceptors (Lipinski definition) is 11. The fourth-order valence-electron chi connectivity index (χ4n) is 8.80. The van der Waals surface area contributed by atoms with Crippen molar-refractivity contribution in [2.45, 2.75) is 135 Å². The smallest absolute Gasteiger partial charge is 0.407 e. The molecule has 2 aromatic carbocycles. The number of nitrogens with zero attached hydrogens (tertiary/aromatic N) is 1. The quantitative estimate of drug-likeness (QED) is 0.0235. The molecule has 0 aliphatic carbocycles. The average molecular weight is 926 g/mol. The third-order valence-electron chi connectivity index (χ3n) is 12.9. The molecule has 1 aliphatic rings. The lowest BCUT2D eigenvalue weighted by Gasteiger charge is -2.36. The Hall–Kier alpha value is -4.05. The molecule has 3 rings (SSSR count). The monoisotopic (exact) mass is 926 g/mol. The summed E-state index contributed by atoms with van der Waals surface area (Å²) >= 11 is 0. The number of unbranched alkanes of at least 4 members (excludes halogenated alkanes) is 3. The lowest BCUT2D eigenvalue weighted by molar-refractivity contribution is -0.179. The van der Waals surface area contributed by atoms with Crippen LogP contribution >= 0.6 is 0 Å². The first kappa shape index (κ1) is 55.3. The largest absolute Gasteiger partial charge is 0.462 e. The molecule has 1 fully saturated rings. The third-order valence-corrected chi connectivity index (χ3v) is 14.4. The van der Waals surface area contributed by atoms with E-state index in [-0.39, 0.29) is 40.9 Å². The first-order valence-electron chi connectivity index (χ1n) is 23.3. The van der Waals surface area contributed by atoms with Gasteiger partial charge in [0.2, 0.25) is 10.0 Å². The number of alkyl carbamates (subject to hydrolysis) is 1. The zero-order valence-corrected chi connectivity index (χ0v) is 41.2. The maximum absolute atomic E-state index is 13.2. The number of amides is 1. The number of aliphatic hydroxyl groups is 4. The number of sulfonamides is 1. The summed E-state index contributed by atoms with van der Waals surface area (Å²) in [6.45, 7) is 19.4. The van der Waals surface area contributed by atoms with Crippen LogP contribution in [0.25, 0.3) is 10.8 Å². The first-order valence-corrected chi connectivity index (χ1v) is 24.8. The van der Waals surface area contributed by atoms with E-state index in [4.69, 9.17) is 9.47 Å². The van der Waals surface area contributed by atoms with Crippen molar-refractivity contribution < 1.29 is 47.9 Å². The van der Waals surface area contributed by atoms with Crippen LogP contribution in [0, 0.1) is 41.4 Å². The molecule has 2 aromatic rings. The second kappa shape index (κ2) is 26.3. The van der Waals surface area contributed by atoms with E-state index >= 15 is 0 Å². The maximum atomic E-state index is 13.2. The van der Waals surface area contributed by atoms with Gasteiger partial charge < -0.3 is 40.1 Å². The van der Waals surface area contributed by atoms with Crippen LogP contribution in [0.4, 0.5) is 10.5 Å². The molecule has 65 heavy (non-hydrogen) atoms. The Balaban J connectivity index is 1.46. The standard InChI is InChI=1S/C51H79N3O10S/c1-12-13-20-34(4)49(64-51(60)52-27-16-14-15-17-28-53-65(61,62)45-24-19-21-41-42(45)22-18-23-43(41)54(10)11)38(8)47(57)36(6)30-32(2)29-35(5)46(56)33(3)25-26-40(55)31-44-37(7)48(58)39(9)50(59)63-44/h12-13,18-26,29,33-40,44,46-49,53,55-58H,1,14-17,27-28,30-31H2,2-11H3,(H,52,60)/b20-13-,26-25-,32-29-/t33-,34-,35-,36-,37-,38-,39+,40+,44-,46-,47+,48-,49-/m0/s1. The van der Waals surface area contributed by atoms with Crippen LogP contribution in [0.1, 0.15) is 93.9 Å². The third kappa shape index (κ3) is 16.4. The molecule has 1 aliphatic heterocycles. The first-order chi connectivity index (χ1) is 30.6. The van der Waals surface area contributed by atoms with E-state index < -0.39 is 70.5 Å². The Bertz CT molecular complexity index is 2040. The number of allylic oxidation sites excluding steroid dienone is 3. The maximum Gasteiger partial charge on any atom is 0.407 e. The molecule has 1 amide bonds. The van der Waals surface area contributed by atoms with Gasteiger partial charge in [-0.05, 0) is 51.2 Å². The number of rotatable bonds is 26. The number of nitrogens with one attached hydrogen (secondary N) is 2. The molecule has 13 atom stereocenters. The van der Waals surface area contributed by atoms with E-state index in [0.29, 0.717) is 37.7 Å².